The Bertz CT molecular complexity index is 268. The van der Waals surface area contributed by atoms with E-state index in [-0.39, 0.29) is 11.7 Å². The lowest BCUT2D eigenvalue weighted by molar-refractivity contribution is 0.140. The summed E-state index contributed by atoms with van der Waals surface area (Å²) in [6.45, 7) is 3.78. The van der Waals surface area contributed by atoms with Gasteiger partial charge in [-0.2, -0.15) is 5.10 Å². The van der Waals surface area contributed by atoms with Crippen molar-refractivity contribution in [2.45, 2.75) is 26.2 Å². The third kappa shape index (κ3) is 1.60. The molecule has 68 valence electrons. The van der Waals surface area contributed by atoms with Crippen molar-refractivity contribution < 1.29 is 8.78 Å². The van der Waals surface area contributed by atoms with Crippen molar-refractivity contribution in [3.05, 3.63) is 11.6 Å². The van der Waals surface area contributed by atoms with Gasteiger partial charge in [0.25, 0.3) is 6.43 Å². The van der Waals surface area contributed by atoms with Crippen LogP contribution in [-0.4, -0.2) is 14.8 Å². The molecular formula is C7H11F2N3. The van der Waals surface area contributed by atoms with Crippen molar-refractivity contribution in [3.63, 3.8) is 0 Å². The predicted molar refractivity (Wildman–Crippen MR) is 40.0 cm³/mol. The number of halogens is 2. The Hall–Kier alpha value is -1.00. The van der Waals surface area contributed by atoms with E-state index >= 15 is 0 Å². The zero-order chi connectivity index (χ0) is 9.30. The van der Waals surface area contributed by atoms with Gasteiger partial charge >= 0.3 is 0 Å². The van der Waals surface area contributed by atoms with E-state index < -0.39 is 6.43 Å². The van der Waals surface area contributed by atoms with Crippen molar-refractivity contribution in [1.82, 2.24) is 14.8 Å². The summed E-state index contributed by atoms with van der Waals surface area (Å²) in [5.41, 5.74) is 0. The predicted octanol–water partition coefficient (Wildman–Crippen LogP) is 1.88. The highest BCUT2D eigenvalue weighted by Crippen LogP contribution is 2.17. The van der Waals surface area contributed by atoms with E-state index in [4.69, 9.17) is 0 Å². The van der Waals surface area contributed by atoms with Crippen LogP contribution in [0.3, 0.4) is 0 Å². The number of aryl methyl sites for hydroxylation is 1. The summed E-state index contributed by atoms with van der Waals surface area (Å²) >= 11 is 0. The Morgan fingerprint density at radius 2 is 1.92 bits per heavy atom. The summed E-state index contributed by atoms with van der Waals surface area (Å²) in [7, 11) is 1.62. The van der Waals surface area contributed by atoms with Crippen molar-refractivity contribution >= 4 is 0 Å². The fraction of sp³-hybridized carbons (Fsp3) is 0.714. The summed E-state index contributed by atoms with van der Waals surface area (Å²) in [6, 6.07) is 0. The van der Waals surface area contributed by atoms with Gasteiger partial charge in [0.05, 0.1) is 0 Å². The second-order valence-electron chi connectivity index (χ2n) is 2.91. The average Bonchev–Trinajstić information content (AvgIpc) is 2.30. The minimum Gasteiger partial charge on any atom is -0.252 e. The number of hydrogen-bond acceptors (Lipinski definition) is 2. The fourth-order valence-corrected chi connectivity index (χ4v) is 1.01. The average molecular weight is 175 g/mol. The maximum atomic E-state index is 12.1. The van der Waals surface area contributed by atoms with Crippen LogP contribution in [0.5, 0.6) is 0 Å². The lowest BCUT2D eigenvalue weighted by Crippen LogP contribution is -2.00. The topological polar surface area (TPSA) is 30.7 Å². The Labute approximate surface area is 69.4 Å². The number of hydrogen-bond donors (Lipinski definition) is 0. The quantitative estimate of drug-likeness (QED) is 0.687. The van der Waals surface area contributed by atoms with Crippen LogP contribution < -0.4 is 0 Å². The molecule has 0 saturated carbocycles. The first-order valence-electron chi connectivity index (χ1n) is 3.71. The lowest BCUT2D eigenvalue weighted by atomic mass is 10.2. The summed E-state index contributed by atoms with van der Waals surface area (Å²) in [5, 5.41) is 3.59. The fourth-order valence-electron chi connectivity index (χ4n) is 1.01. The van der Waals surface area contributed by atoms with Crippen LogP contribution in [0.25, 0.3) is 0 Å². The van der Waals surface area contributed by atoms with Crippen molar-refractivity contribution in [1.29, 1.82) is 0 Å². The van der Waals surface area contributed by atoms with Gasteiger partial charge in [0.15, 0.2) is 0 Å². The van der Waals surface area contributed by atoms with E-state index in [1.807, 2.05) is 13.8 Å². The normalized spacial score (nSPS) is 11.6. The second-order valence-corrected chi connectivity index (χ2v) is 2.91. The molecule has 5 heteroatoms. The van der Waals surface area contributed by atoms with Gasteiger partial charge in [-0.3, -0.25) is 4.68 Å². The van der Waals surface area contributed by atoms with E-state index in [2.05, 4.69) is 10.1 Å². The molecule has 0 radical (unpaired) electrons. The van der Waals surface area contributed by atoms with Gasteiger partial charge in [0.2, 0.25) is 5.82 Å². The highest BCUT2D eigenvalue weighted by Gasteiger charge is 2.17. The first-order valence-corrected chi connectivity index (χ1v) is 3.71. The minimum atomic E-state index is -2.58. The molecule has 0 aliphatic carbocycles. The number of alkyl halides is 2. The Balaban J connectivity index is 3.00. The number of aromatic nitrogens is 3. The molecule has 3 nitrogen and oxygen atoms in total. The Morgan fingerprint density at radius 1 is 1.33 bits per heavy atom. The first kappa shape index (κ1) is 9.09. The molecule has 0 unspecified atom stereocenters. The zero-order valence-electron chi connectivity index (χ0n) is 7.25. The number of nitrogens with zero attached hydrogens (tertiary/aromatic N) is 3. The van der Waals surface area contributed by atoms with Crippen LogP contribution in [-0.2, 0) is 7.05 Å². The maximum absolute atomic E-state index is 12.1. The molecule has 0 bridgehead atoms. The van der Waals surface area contributed by atoms with Crippen LogP contribution in [0.1, 0.15) is 37.8 Å². The van der Waals surface area contributed by atoms with Gasteiger partial charge in [-0.15, -0.1) is 0 Å². The van der Waals surface area contributed by atoms with Crippen molar-refractivity contribution in [2.75, 3.05) is 0 Å². The molecule has 1 heterocycles. The van der Waals surface area contributed by atoms with Gasteiger partial charge in [-0.05, 0) is 0 Å². The minimum absolute atomic E-state index is 0.120. The molecule has 0 fully saturated rings. The third-order valence-corrected chi connectivity index (χ3v) is 1.52. The molecular weight excluding hydrogens is 164 g/mol. The summed E-state index contributed by atoms with van der Waals surface area (Å²) in [6.07, 6.45) is -2.58. The third-order valence-electron chi connectivity index (χ3n) is 1.52. The summed E-state index contributed by atoms with van der Waals surface area (Å²) in [4.78, 5) is 3.71. The second kappa shape index (κ2) is 3.16. The molecule has 0 atom stereocenters. The molecule has 0 aromatic carbocycles. The summed E-state index contributed by atoms with van der Waals surface area (Å²) < 4.78 is 25.6. The highest BCUT2D eigenvalue weighted by molar-refractivity contribution is 4.97. The molecule has 1 aromatic heterocycles. The smallest absolute Gasteiger partial charge is 0.252 e. The zero-order valence-corrected chi connectivity index (χ0v) is 7.25. The van der Waals surface area contributed by atoms with Gasteiger partial charge in [0, 0.05) is 13.0 Å². The van der Waals surface area contributed by atoms with Crippen LogP contribution in [0.4, 0.5) is 8.78 Å². The van der Waals surface area contributed by atoms with Crippen LogP contribution in [0, 0.1) is 0 Å². The van der Waals surface area contributed by atoms with Gasteiger partial charge < -0.3 is 0 Å². The Morgan fingerprint density at radius 3 is 2.17 bits per heavy atom. The first-order chi connectivity index (χ1) is 5.52. The molecule has 1 aromatic rings. The molecule has 0 N–H and O–H groups in total. The van der Waals surface area contributed by atoms with E-state index in [0.29, 0.717) is 5.82 Å². The Kier molecular flexibility index (Phi) is 2.40. The van der Waals surface area contributed by atoms with E-state index in [0.717, 1.165) is 0 Å². The van der Waals surface area contributed by atoms with Gasteiger partial charge in [0.1, 0.15) is 5.82 Å². The van der Waals surface area contributed by atoms with Gasteiger partial charge in [-0.25, -0.2) is 13.8 Å². The SMILES string of the molecule is CC(C)c1nc(C(F)F)nn1C. The van der Waals surface area contributed by atoms with E-state index in [1.54, 1.807) is 7.05 Å². The molecule has 0 saturated heterocycles. The molecule has 0 amide bonds. The molecule has 1 rings (SSSR count). The maximum Gasteiger partial charge on any atom is 0.299 e. The molecule has 0 aliphatic heterocycles. The lowest BCUT2D eigenvalue weighted by Gasteiger charge is -2.00. The van der Waals surface area contributed by atoms with E-state index in [1.165, 1.54) is 4.68 Å². The van der Waals surface area contributed by atoms with E-state index in [9.17, 15) is 8.78 Å². The standard InChI is InChI=1S/C7H11F2N3/c1-4(2)7-10-6(5(8)9)11-12(7)3/h4-5H,1-3H3. The van der Waals surface area contributed by atoms with Crippen molar-refractivity contribution in [3.8, 4) is 0 Å². The largest absolute Gasteiger partial charge is 0.299 e. The van der Waals surface area contributed by atoms with Crippen LogP contribution in [0.15, 0.2) is 0 Å². The summed E-state index contributed by atoms with van der Waals surface area (Å²) in [5.74, 6) is 0.321. The molecule has 12 heavy (non-hydrogen) atoms. The van der Waals surface area contributed by atoms with Crippen LogP contribution in [0.2, 0.25) is 0 Å². The van der Waals surface area contributed by atoms with Crippen LogP contribution >= 0.6 is 0 Å². The monoisotopic (exact) mass is 175 g/mol. The molecule has 0 spiro atoms. The number of rotatable bonds is 2. The van der Waals surface area contributed by atoms with Gasteiger partial charge in [-0.1, -0.05) is 13.8 Å². The molecule has 0 aliphatic rings. The highest BCUT2D eigenvalue weighted by atomic mass is 19.3. The van der Waals surface area contributed by atoms with Crippen molar-refractivity contribution in [2.24, 2.45) is 7.05 Å².